The van der Waals surface area contributed by atoms with Crippen LogP contribution in [0.15, 0.2) is 18.2 Å². The molecular weight excluding hydrogens is 178 g/mol. The van der Waals surface area contributed by atoms with Crippen molar-refractivity contribution >= 4 is 0 Å². The lowest BCUT2D eigenvalue weighted by Gasteiger charge is -2.27. The van der Waals surface area contributed by atoms with Crippen molar-refractivity contribution in [2.24, 2.45) is 11.1 Å². The molecule has 1 unspecified atom stereocenters. The van der Waals surface area contributed by atoms with Crippen LogP contribution < -0.4 is 5.73 Å². The Hall–Kier alpha value is -1.22. The third-order valence-electron chi connectivity index (χ3n) is 2.28. The van der Waals surface area contributed by atoms with Gasteiger partial charge in [-0.25, -0.2) is 0 Å². The molecule has 0 spiro atoms. The van der Waals surface area contributed by atoms with Crippen LogP contribution in [0.1, 0.15) is 32.4 Å². The Kier molecular flexibility index (Phi) is 2.71. The van der Waals surface area contributed by atoms with Gasteiger partial charge < -0.3 is 15.9 Å². The van der Waals surface area contributed by atoms with E-state index < -0.39 is 0 Å². The molecule has 0 radical (unpaired) electrons. The number of aromatic hydroxyl groups is 2. The Labute approximate surface area is 84.2 Å². The van der Waals surface area contributed by atoms with Crippen molar-refractivity contribution in [3.8, 4) is 11.5 Å². The maximum absolute atomic E-state index is 9.58. The molecule has 14 heavy (non-hydrogen) atoms. The smallest absolute Gasteiger partial charge is 0.120 e. The number of benzene rings is 1. The van der Waals surface area contributed by atoms with Crippen molar-refractivity contribution in [2.45, 2.75) is 26.8 Å². The Balaban J connectivity index is 3.12. The van der Waals surface area contributed by atoms with E-state index in [4.69, 9.17) is 5.73 Å². The summed E-state index contributed by atoms with van der Waals surface area (Å²) in [6.45, 7) is 5.96. The summed E-state index contributed by atoms with van der Waals surface area (Å²) < 4.78 is 0. The van der Waals surface area contributed by atoms with Gasteiger partial charge in [-0.3, -0.25) is 0 Å². The van der Waals surface area contributed by atoms with Crippen molar-refractivity contribution in [1.82, 2.24) is 0 Å². The summed E-state index contributed by atoms with van der Waals surface area (Å²) in [4.78, 5) is 0. The van der Waals surface area contributed by atoms with Crippen LogP contribution in [-0.4, -0.2) is 10.2 Å². The second-order valence-corrected chi connectivity index (χ2v) is 4.59. The minimum Gasteiger partial charge on any atom is -0.508 e. The monoisotopic (exact) mass is 195 g/mol. The predicted octanol–water partition coefficient (Wildman–Crippen LogP) is 2.14. The average molecular weight is 195 g/mol. The van der Waals surface area contributed by atoms with Gasteiger partial charge in [0.1, 0.15) is 11.5 Å². The number of hydrogen-bond acceptors (Lipinski definition) is 3. The number of hydrogen-bond donors (Lipinski definition) is 3. The highest BCUT2D eigenvalue weighted by Gasteiger charge is 2.24. The van der Waals surface area contributed by atoms with Crippen LogP contribution in [0.25, 0.3) is 0 Å². The molecule has 0 bridgehead atoms. The van der Waals surface area contributed by atoms with E-state index in [-0.39, 0.29) is 23.0 Å². The lowest BCUT2D eigenvalue weighted by molar-refractivity contribution is 0.316. The third kappa shape index (κ3) is 2.17. The molecule has 0 saturated carbocycles. The number of rotatable bonds is 1. The summed E-state index contributed by atoms with van der Waals surface area (Å²) in [6.07, 6.45) is 0. The minimum atomic E-state index is -0.297. The van der Waals surface area contributed by atoms with E-state index in [1.165, 1.54) is 18.2 Å². The second kappa shape index (κ2) is 3.50. The van der Waals surface area contributed by atoms with E-state index in [0.29, 0.717) is 5.56 Å². The summed E-state index contributed by atoms with van der Waals surface area (Å²) >= 11 is 0. The van der Waals surface area contributed by atoms with Crippen molar-refractivity contribution in [1.29, 1.82) is 0 Å². The van der Waals surface area contributed by atoms with Crippen molar-refractivity contribution in [3.05, 3.63) is 23.8 Å². The van der Waals surface area contributed by atoms with Crippen molar-refractivity contribution in [3.63, 3.8) is 0 Å². The van der Waals surface area contributed by atoms with Crippen LogP contribution in [0.2, 0.25) is 0 Å². The molecule has 0 heterocycles. The van der Waals surface area contributed by atoms with Gasteiger partial charge in [-0.1, -0.05) is 20.8 Å². The number of phenols is 2. The zero-order valence-electron chi connectivity index (χ0n) is 8.78. The van der Waals surface area contributed by atoms with Gasteiger partial charge in [0.25, 0.3) is 0 Å². The normalized spacial score (nSPS) is 14.0. The van der Waals surface area contributed by atoms with Gasteiger partial charge in [0.05, 0.1) is 0 Å². The molecule has 0 aliphatic rings. The lowest BCUT2D eigenvalue weighted by atomic mass is 9.83. The Morgan fingerprint density at radius 1 is 1.21 bits per heavy atom. The quantitative estimate of drug-likeness (QED) is 0.601. The largest absolute Gasteiger partial charge is 0.508 e. The first-order valence-corrected chi connectivity index (χ1v) is 4.60. The Morgan fingerprint density at radius 3 is 2.29 bits per heavy atom. The lowest BCUT2D eigenvalue weighted by Crippen LogP contribution is -2.26. The molecule has 0 aromatic heterocycles. The van der Waals surface area contributed by atoms with Crippen LogP contribution in [0.4, 0.5) is 0 Å². The molecule has 0 saturated heterocycles. The maximum Gasteiger partial charge on any atom is 0.120 e. The summed E-state index contributed by atoms with van der Waals surface area (Å²) in [6, 6.07) is 4.10. The fraction of sp³-hybridized carbons (Fsp3) is 0.455. The van der Waals surface area contributed by atoms with Gasteiger partial charge in [-0.05, 0) is 23.6 Å². The molecule has 1 aromatic carbocycles. The third-order valence-corrected chi connectivity index (χ3v) is 2.28. The maximum atomic E-state index is 9.58. The molecule has 0 fully saturated rings. The molecule has 1 aromatic rings. The van der Waals surface area contributed by atoms with Crippen LogP contribution in [0, 0.1) is 5.41 Å². The van der Waals surface area contributed by atoms with E-state index in [1.54, 1.807) is 0 Å². The molecule has 4 N–H and O–H groups in total. The number of phenolic OH excluding ortho intramolecular Hbond substituents is 2. The van der Waals surface area contributed by atoms with E-state index in [2.05, 4.69) is 0 Å². The minimum absolute atomic E-state index is 0.123. The molecule has 0 amide bonds. The zero-order chi connectivity index (χ0) is 10.9. The summed E-state index contributed by atoms with van der Waals surface area (Å²) in [7, 11) is 0. The summed E-state index contributed by atoms with van der Waals surface area (Å²) in [5.74, 6) is 0.253. The van der Waals surface area contributed by atoms with Crippen molar-refractivity contribution in [2.75, 3.05) is 0 Å². The van der Waals surface area contributed by atoms with Gasteiger partial charge in [0.2, 0.25) is 0 Å². The van der Waals surface area contributed by atoms with Gasteiger partial charge in [0.15, 0.2) is 0 Å². The fourth-order valence-electron chi connectivity index (χ4n) is 1.26. The highest BCUT2D eigenvalue weighted by molar-refractivity contribution is 5.41. The molecule has 1 atom stereocenters. The molecule has 3 heteroatoms. The first-order valence-electron chi connectivity index (χ1n) is 4.60. The van der Waals surface area contributed by atoms with Crippen LogP contribution in [0.3, 0.4) is 0 Å². The molecule has 0 aliphatic carbocycles. The van der Waals surface area contributed by atoms with Crippen LogP contribution >= 0.6 is 0 Å². The molecule has 0 aliphatic heterocycles. The van der Waals surface area contributed by atoms with E-state index in [1.807, 2.05) is 20.8 Å². The molecule has 78 valence electrons. The van der Waals surface area contributed by atoms with E-state index >= 15 is 0 Å². The van der Waals surface area contributed by atoms with Crippen molar-refractivity contribution < 1.29 is 10.2 Å². The number of nitrogens with two attached hydrogens (primary N) is 1. The second-order valence-electron chi connectivity index (χ2n) is 4.59. The van der Waals surface area contributed by atoms with Crippen LogP contribution in [0.5, 0.6) is 11.5 Å². The van der Waals surface area contributed by atoms with Gasteiger partial charge >= 0.3 is 0 Å². The average Bonchev–Trinajstić information content (AvgIpc) is 2.06. The standard InChI is InChI=1S/C11H17NO2/c1-11(2,3)10(12)8-6-7(13)4-5-9(8)14/h4-6,10,13-14H,12H2,1-3H3. The molecule has 3 nitrogen and oxygen atoms in total. The highest BCUT2D eigenvalue weighted by Crippen LogP contribution is 2.36. The van der Waals surface area contributed by atoms with Crippen LogP contribution in [-0.2, 0) is 0 Å². The van der Waals surface area contributed by atoms with Gasteiger partial charge in [-0.15, -0.1) is 0 Å². The van der Waals surface area contributed by atoms with Gasteiger partial charge in [0, 0.05) is 11.6 Å². The summed E-state index contributed by atoms with van der Waals surface area (Å²) in [5, 5.41) is 18.9. The highest BCUT2D eigenvalue weighted by atomic mass is 16.3. The Bertz CT molecular complexity index is 329. The summed E-state index contributed by atoms with van der Waals surface area (Å²) in [5.41, 5.74) is 6.40. The van der Waals surface area contributed by atoms with Gasteiger partial charge in [-0.2, -0.15) is 0 Å². The molecule has 1 rings (SSSR count). The zero-order valence-corrected chi connectivity index (χ0v) is 8.78. The topological polar surface area (TPSA) is 66.5 Å². The Morgan fingerprint density at radius 2 is 1.79 bits per heavy atom. The van der Waals surface area contributed by atoms with E-state index in [9.17, 15) is 10.2 Å². The fourth-order valence-corrected chi connectivity index (χ4v) is 1.26. The first-order chi connectivity index (χ1) is 6.32. The van der Waals surface area contributed by atoms with E-state index in [0.717, 1.165) is 0 Å². The first kappa shape index (κ1) is 10.9. The predicted molar refractivity (Wildman–Crippen MR) is 56.2 cm³/mol. The SMILES string of the molecule is CC(C)(C)C(N)c1cc(O)ccc1O. The molecular formula is C11H17NO2.